The summed E-state index contributed by atoms with van der Waals surface area (Å²) < 4.78 is 4.71. The topological polar surface area (TPSA) is 65.9 Å². The summed E-state index contributed by atoms with van der Waals surface area (Å²) in [5, 5.41) is 9.64. The van der Waals surface area contributed by atoms with Crippen LogP contribution in [0.1, 0.15) is 21.6 Å². The normalized spacial score (nSPS) is 10.1. The second-order valence-corrected chi connectivity index (χ2v) is 3.46. The molecule has 0 radical (unpaired) electrons. The van der Waals surface area contributed by atoms with Gasteiger partial charge in [-0.15, -0.1) is 0 Å². The molecular weight excluding hydrogens is 204 g/mol. The molecule has 0 aliphatic heterocycles. The van der Waals surface area contributed by atoms with Crippen LogP contribution in [0.2, 0.25) is 0 Å². The van der Waals surface area contributed by atoms with Crippen molar-refractivity contribution < 1.29 is 9.53 Å². The Morgan fingerprint density at radius 1 is 1.50 bits per heavy atom. The molecule has 0 amide bonds. The number of methoxy groups -OCH3 is 1. The highest BCUT2D eigenvalue weighted by molar-refractivity contribution is 6.07. The highest BCUT2D eigenvalue weighted by Crippen LogP contribution is 2.25. The van der Waals surface area contributed by atoms with Gasteiger partial charge in [0.2, 0.25) is 0 Å². The molecule has 0 aliphatic rings. The van der Waals surface area contributed by atoms with E-state index in [1.807, 2.05) is 6.07 Å². The Morgan fingerprint density at radius 2 is 2.25 bits per heavy atom. The summed E-state index contributed by atoms with van der Waals surface area (Å²) in [7, 11) is 1.33. The lowest BCUT2D eigenvalue weighted by Gasteiger charge is -1.99. The second-order valence-electron chi connectivity index (χ2n) is 3.46. The maximum atomic E-state index is 11.6. The first kappa shape index (κ1) is 10.2. The second kappa shape index (κ2) is 3.70. The molecule has 4 nitrogen and oxygen atoms in total. The number of aromatic amines is 1. The SMILES string of the molecule is COC(=O)c1c(C)[nH]c2cccc(C#N)c12. The van der Waals surface area contributed by atoms with Gasteiger partial charge in [-0.05, 0) is 19.1 Å². The summed E-state index contributed by atoms with van der Waals surface area (Å²) >= 11 is 0. The molecule has 0 atom stereocenters. The van der Waals surface area contributed by atoms with Gasteiger partial charge >= 0.3 is 5.97 Å². The number of rotatable bonds is 1. The van der Waals surface area contributed by atoms with Crippen molar-refractivity contribution in [3.63, 3.8) is 0 Å². The van der Waals surface area contributed by atoms with Crippen molar-refractivity contribution in [1.82, 2.24) is 4.98 Å². The number of benzene rings is 1. The number of hydrogen-bond donors (Lipinski definition) is 1. The molecule has 0 saturated heterocycles. The highest BCUT2D eigenvalue weighted by Gasteiger charge is 2.18. The van der Waals surface area contributed by atoms with Gasteiger partial charge in [-0.3, -0.25) is 0 Å². The number of H-pyrrole nitrogens is 1. The van der Waals surface area contributed by atoms with Crippen LogP contribution in [-0.2, 0) is 4.74 Å². The monoisotopic (exact) mass is 214 g/mol. The molecule has 0 aliphatic carbocycles. The van der Waals surface area contributed by atoms with Crippen molar-refractivity contribution in [2.75, 3.05) is 7.11 Å². The van der Waals surface area contributed by atoms with E-state index in [-0.39, 0.29) is 0 Å². The van der Waals surface area contributed by atoms with Gasteiger partial charge in [0.15, 0.2) is 0 Å². The predicted molar refractivity (Wildman–Crippen MR) is 59.1 cm³/mol. The molecular formula is C12H10N2O2. The summed E-state index contributed by atoms with van der Waals surface area (Å²) in [5.41, 5.74) is 2.40. The molecule has 1 N–H and O–H groups in total. The molecule has 0 fully saturated rings. The van der Waals surface area contributed by atoms with Crippen molar-refractivity contribution in [3.8, 4) is 6.07 Å². The fourth-order valence-corrected chi connectivity index (χ4v) is 1.83. The van der Waals surface area contributed by atoms with Gasteiger partial charge in [0.05, 0.1) is 24.3 Å². The maximum absolute atomic E-state index is 11.6. The van der Waals surface area contributed by atoms with E-state index >= 15 is 0 Å². The van der Waals surface area contributed by atoms with Crippen molar-refractivity contribution in [2.45, 2.75) is 6.92 Å². The van der Waals surface area contributed by atoms with Gasteiger partial charge in [-0.1, -0.05) is 6.07 Å². The summed E-state index contributed by atoms with van der Waals surface area (Å²) in [6.07, 6.45) is 0. The average molecular weight is 214 g/mol. The lowest BCUT2D eigenvalue weighted by atomic mass is 10.1. The van der Waals surface area contributed by atoms with Gasteiger partial charge in [0.1, 0.15) is 0 Å². The van der Waals surface area contributed by atoms with E-state index in [0.717, 1.165) is 5.52 Å². The third-order valence-corrected chi connectivity index (χ3v) is 2.52. The van der Waals surface area contributed by atoms with E-state index in [1.165, 1.54) is 7.11 Å². The Bertz CT molecular complexity index is 605. The van der Waals surface area contributed by atoms with E-state index in [0.29, 0.717) is 22.2 Å². The summed E-state index contributed by atoms with van der Waals surface area (Å²) in [5.74, 6) is -0.425. The molecule has 16 heavy (non-hydrogen) atoms. The number of carbonyl (C=O) groups is 1. The number of hydrogen-bond acceptors (Lipinski definition) is 3. The fourth-order valence-electron chi connectivity index (χ4n) is 1.83. The summed E-state index contributed by atoms with van der Waals surface area (Å²) in [6.45, 7) is 1.79. The standard InChI is InChI=1S/C12H10N2O2/c1-7-10(12(15)16-2)11-8(6-13)4-3-5-9(11)14-7/h3-5,14H,1-2H3. The van der Waals surface area contributed by atoms with Crippen LogP contribution < -0.4 is 0 Å². The van der Waals surface area contributed by atoms with E-state index in [2.05, 4.69) is 11.1 Å². The zero-order chi connectivity index (χ0) is 11.7. The fraction of sp³-hybridized carbons (Fsp3) is 0.167. The summed E-state index contributed by atoms with van der Waals surface area (Å²) in [4.78, 5) is 14.7. The molecule has 0 spiro atoms. The van der Waals surface area contributed by atoms with Gasteiger partial charge in [-0.2, -0.15) is 5.26 Å². The van der Waals surface area contributed by atoms with Crippen molar-refractivity contribution in [2.24, 2.45) is 0 Å². The minimum atomic E-state index is -0.425. The number of nitrogens with one attached hydrogen (secondary N) is 1. The first-order valence-corrected chi connectivity index (χ1v) is 4.78. The highest BCUT2D eigenvalue weighted by atomic mass is 16.5. The summed E-state index contributed by atoms with van der Waals surface area (Å²) in [6, 6.07) is 7.36. The first-order valence-electron chi connectivity index (χ1n) is 4.78. The van der Waals surface area contributed by atoms with E-state index in [1.54, 1.807) is 19.1 Å². The third kappa shape index (κ3) is 1.34. The minimum absolute atomic E-state index is 0.425. The van der Waals surface area contributed by atoms with Crippen LogP contribution >= 0.6 is 0 Å². The number of aromatic nitrogens is 1. The number of aryl methyl sites for hydroxylation is 1. The van der Waals surface area contributed by atoms with Gasteiger partial charge in [0.25, 0.3) is 0 Å². The number of nitrogens with zero attached hydrogens (tertiary/aromatic N) is 1. The Hall–Kier alpha value is -2.28. The largest absolute Gasteiger partial charge is 0.465 e. The van der Waals surface area contributed by atoms with Crippen LogP contribution in [0.5, 0.6) is 0 Å². The van der Waals surface area contributed by atoms with E-state index in [4.69, 9.17) is 10.00 Å². The molecule has 2 aromatic rings. The molecule has 0 saturated carbocycles. The smallest absolute Gasteiger partial charge is 0.340 e. The van der Waals surface area contributed by atoms with E-state index < -0.39 is 5.97 Å². The quantitative estimate of drug-likeness (QED) is 0.739. The van der Waals surface area contributed by atoms with E-state index in [9.17, 15) is 4.79 Å². The molecule has 1 aromatic heterocycles. The zero-order valence-corrected chi connectivity index (χ0v) is 9.00. The zero-order valence-electron chi connectivity index (χ0n) is 9.00. The lowest BCUT2D eigenvalue weighted by molar-refractivity contribution is 0.0602. The van der Waals surface area contributed by atoms with Crippen molar-refractivity contribution in [1.29, 1.82) is 5.26 Å². The predicted octanol–water partition coefficient (Wildman–Crippen LogP) is 2.13. The number of nitriles is 1. The molecule has 1 aromatic carbocycles. The lowest BCUT2D eigenvalue weighted by Crippen LogP contribution is -2.02. The number of esters is 1. The molecule has 1 heterocycles. The molecule has 0 unspecified atom stereocenters. The minimum Gasteiger partial charge on any atom is -0.465 e. The van der Waals surface area contributed by atoms with Gasteiger partial charge < -0.3 is 9.72 Å². The van der Waals surface area contributed by atoms with Crippen molar-refractivity contribution in [3.05, 3.63) is 35.0 Å². The number of fused-ring (bicyclic) bond motifs is 1. The Kier molecular flexibility index (Phi) is 2.37. The molecule has 4 heteroatoms. The van der Waals surface area contributed by atoms with Crippen molar-refractivity contribution >= 4 is 16.9 Å². The number of ether oxygens (including phenoxy) is 1. The van der Waals surface area contributed by atoms with Crippen LogP contribution in [0, 0.1) is 18.3 Å². The molecule has 80 valence electrons. The number of carbonyl (C=O) groups excluding carboxylic acids is 1. The Balaban J connectivity index is 2.87. The Morgan fingerprint density at radius 3 is 2.88 bits per heavy atom. The third-order valence-electron chi connectivity index (χ3n) is 2.52. The average Bonchev–Trinajstić information content (AvgIpc) is 2.63. The van der Waals surface area contributed by atoms with Crippen LogP contribution in [-0.4, -0.2) is 18.1 Å². The molecule has 2 rings (SSSR count). The maximum Gasteiger partial charge on any atom is 0.340 e. The van der Waals surface area contributed by atoms with Crippen LogP contribution in [0.3, 0.4) is 0 Å². The first-order chi connectivity index (χ1) is 7.69. The molecule has 0 bridgehead atoms. The van der Waals surface area contributed by atoms with Crippen LogP contribution in [0.25, 0.3) is 10.9 Å². The van der Waals surface area contributed by atoms with Crippen LogP contribution in [0.4, 0.5) is 0 Å². The van der Waals surface area contributed by atoms with Gasteiger partial charge in [-0.25, -0.2) is 4.79 Å². The Labute approximate surface area is 92.4 Å². The van der Waals surface area contributed by atoms with Crippen LogP contribution in [0.15, 0.2) is 18.2 Å². The van der Waals surface area contributed by atoms with Gasteiger partial charge in [0, 0.05) is 16.6 Å².